The second-order valence-electron chi connectivity index (χ2n) is 6.36. The number of fused-ring (bicyclic) bond motifs is 1. The summed E-state index contributed by atoms with van der Waals surface area (Å²) in [5, 5.41) is 6.88. The maximum Gasteiger partial charge on any atom is 0.191 e. The van der Waals surface area contributed by atoms with Crippen molar-refractivity contribution in [2.75, 3.05) is 39.6 Å². The zero-order valence-electron chi connectivity index (χ0n) is 14.5. The molecule has 0 aliphatic carbocycles. The van der Waals surface area contributed by atoms with E-state index in [1.807, 2.05) is 30.9 Å². The standard InChI is InChI=1S/C18H27N3O2S/c1-19-17(21-13-18(24-2)7-9-22-10-8-18)20-12-15-11-14-5-3-4-6-16(14)23-15/h3-6,15H,7-13H2,1-2H3,(H2,19,20,21). The third-order valence-electron chi connectivity index (χ3n) is 4.85. The molecule has 132 valence electrons. The van der Waals surface area contributed by atoms with Gasteiger partial charge in [-0.2, -0.15) is 11.8 Å². The van der Waals surface area contributed by atoms with Crippen molar-refractivity contribution < 1.29 is 9.47 Å². The Kier molecular flexibility index (Phi) is 5.89. The van der Waals surface area contributed by atoms with Crippen LogP contribution < -0.4 is 15.4 Å². The average molecular weight is 350 g/mol. The molecule has 0 spiro atoms. The van der Waals surface area contributed by atoms with Crippen LogP contribution in [0.15, 0.2) is 29.3 Å². The van der Waals surface area contributed by atoms with Crippen LogP contribution in [0.5, 0.6) is 5.75 Å². The first-order valence-corrected chi connectivity index (χ1v) is 9.79. The van der Waals surface area contributed by atoms with Gasteiger partial charge in [0.15, 0.2) is 5.96 Å². The summed E-state index contributed by atoms with van der Waals surface area (Å²) in [6.07, 6.45) is 5.47. The van der Waals surface area contributed by atoms with E-state index in [4.69, 9.17) is 9.47 Å². The van der Waals surface area contributed by atoms with E-state index in [0.717, 1.165) is 57.3 Å². The SMILES string of the molecule is CN=C(NCC1Cc2ccccc2O1)NCC1(SC)CCOCC1. The molecule has 1 unspecified atom stereocenters. The van der Waals surface area contributed by atoms with Gasteiger partial charge in [-0.1, -0.05) is 18.2 Å². The van der Waals surface area contributed by atoms with E-state index in [-0.39, 0.29) is 10.9 Å². The van der Waals surface area contributed by atoms with Gasteiger partial charge in [0.25, 0.3) is 0 Å². The van der Waals surface area contributed by atoms with Crippen LogP contribution in [0.4, 0.5) is 0 Å². The summed E-state index contributed by atoms with van der Waals surface area (Å²) < 4.78 is 11.7. The highest BCUT2D eigenvalue weighted by Gasteiger charge is 2.32. The largest absolute Gasteiger partial charge is 0.488 e. The van der Waals surface area contributed by atoms with Gasteiger partial charge < -0.3 is 20.1 Å². The van der Waals surface area contributed by atoms with Gasteiger partial charge in [0.05, 0.1) is 6.54 Å². The molecule has 6 heteroatoms. The number of hydrogen-bond acceptors (Lipinski definition) is 4. The van der Waals surface area contributed by atoms with Gasteiger partial charge in [-0.15, -0.1) is 0 Å². The number of benzene rings is 1. The van der Waals surface area contributed by atoms with Gasteiger partial charge >= 0.3 is 0 Å². The Balaban J connectivity index is 1.46. The maximum absolute atomic E-state index is 5.97. The molecule has 1 aromatic carbocycles. The van der Waals surface area contributed by atoms with E-state index in [9.17, 15) is 0 Å². The Bertz CT molecular complexity index is 548. The molecule has 1 atom stereocenters. The summed E-state index contributed by atoms with van der Waals surface area (Å²) in [5.74, 6) is 1.85. The molecule has 0 saturated carbocycles. The summed E-state index contributed by atoms with van der Waals surface area (Å²) in [5.41, 5.74) is 1.29. The zero-order chi connectivity index (χ0) is 16.8. The van der Waals surface area contributed by atoms with E-state index in [1.54, 1.807) is 0 Å². The Morgan fingerprint density at radius 3 is 2.79 bits per heavy atom. The lowest BCUT2D eigenvalue weighted by Crippen LogP contribution is -2.49. The number of thioether (sulfide) groups is 1. The lowest BCUT2D eigenvalue weighted by molar-refractivity contribution is 0.0782. The number of ether oxygens (including phenoxy) is 2. The number of guanidine groups is 1. The molecule has 0 bridgehead atoms. The Morgan fingerprint density at radius 2 is 2.08 bits per heavy atom. The van der Waals surface area contributed by atoms with E-state index in [2.05, 4.69) is 34.0 Å². The molecular weight excluding hydrogens is 322 g/mol. The number of hydrogen-bond donors (Lipinski definition) is 2. The first-order chi connectivity index (χ1) is 11.7. The molecule has 24 heavy (non-hydrogen) atoms. The van der Waals surface area contributed by atoms with Crippen LogP contribution in [-0.4, -0.2) is 56.4 Å². The molecular formula is C18H27N3O2S. The third kappa shape index (κ3) is 4.16. The average Bonchev–Trinajstić information content (AvgIpc) is 3.05. The molecule has 2 aliphatic rings. The van der Waals surface area contributed by atoms with Crippen molar-refractivity contribution in [1.29, 1.82) is 0 Å². The molecule has 5 nitrogen and oxygen atoms in total. The molecule has 0 radical (unpaired) electrons. The van der Waals surface area contributed by atoms with Crippen LogP contribution in [0, 0.1) is 0 Å². The predicted molar refractivity (Wildman–Crippen MR) is 100 cm³/mol. The fourth-order valence-corrected chi connectivity index (χ4v) is 4.03. The third-order valence-corrected chi connectivity index (χ3v) is 6.27. The lowest BCUT2D eigenvalue weighted by Gasteiger charge is -2.36. The van der Waals surface area contributed by atoms with Crippen molar-refractivity contribution in [3.8, 4) is 5.75 Å². The van der Waals surface area contributed by atoms with Crippen molar-refractivity contribution in [3.05, 3.63) is 29.8 Å². The minimum atomic E-state index is 0.165. The van der Waals surface area contributed by atoms with E-state index < -0.39 is 0 Å². The molecule has 2 aliphatic heterocycles. The van der Waals surface area contributed by atoms with Gasteiger partial charge in [0.1, 0.15) is 11.9 Å². The molecule has 0 amide bonds. The highest BCUT2D eigenvalue weighted by molar-refractivity contribution is 8.00. The second kappa shape index (κ2) is 8.12. The highest BCUT2D eigenvalue weighted by Crippen LogP contribution is 2.33. The topological polar surface area (TPSA) is 54.9 Å². The van der Waals surface area contributed by atoms with Crippen LogP contribution in [0.1, 0.15) is 18.4 Å². The van der Waals surface area contributed by atoms with Gasteiger partial charge in [-0.3, -0.25) is 4.99 Å². The van der Waals surface area contributed by atoms with Crippen molar-refractivity contribution in [2.45, 2.75) is 30.1 Å². The number of rotatable bonds is 5. The van der Waals surface area contributed by atoms with Crippen molar-refractivity contribution in [1.82, 2.24) is 10.6 Å². The minimum Gasteiger partial charge on any atom is -0.488 e. The second-order valence-corrected chi connectivity index (χ2v) is 7.63. The van der Waals surface area contributed by atoms with Crippen LogP contribution in [-0.2, 0) is 11.2 Å². The van der Waals surface area contributed by atoms with Crippen LogP contribution in [0.25, 0.3) is 0 Å². The van der Waals surface area contributed by atoms with Gasteiger partial charge in [0.2, 0.25) is 0 Å². The van der Waals surface area contributed by atoms with E-state index in [0.29, 0.717) is 0 Å². The number of aliphatic imine (C=N–C) groups is 1. The normalized spacial score (nSPS) is 22.6. The van der Waals surface area contributed by atoms with Crippen LogP contribution >= 0.6 is 11.8 Å². The number of nitrogens with one attached hydrogen (secondary N) is 2. The molecule has 1 aromatic rings. The Morgan fingerprint density at radius 1 is 1.29 bits per heavy atom. The fraction of sp³-hybridized carbons (Fsp3) is 0.611. The predicted octanol–water partition coefficient (Wildman–Crippen LogP) is 2.07. The molecule has 1 saturated heterocycles. The summed E-state index contributed by atoms with van der Waals surface area (Å²) in [6, 6.07) is 8.25. The fourth-order valence-electron chi connectivity index (χ4n) is 3.24. The minimum absolute atomic E-state index is 0.165. The summed E-state index contributed by atoms with van der Waals surface area (Å²) in [4.78, 5) is 4.35. The molecule has 0 aromatic heterocycles. The summed E-state index contributed by atoms with van der Waals surface area (Å²) in [7, 11) is 1.81. The first-order valence-electron chi connectivity index (χ1n) is 8.57. The zero-order valence-corrected chi connectivity index (χ0v) is 15.3. The summed E-state index contributed by atoms with van der Waals surface area (Å²) in [6.45, 7) is 3.36. The van der Waals surface area contributed by atoms with Crippen LogP contribution in [0.2, 0.25) is 0 Å². The molecule has 1 fully saturated rings. The maximum atomic E-state index is 5.97. The van der Waals surface area contributed by atoms with Crippen molar-refractivity contribution in [2.24, 2.45) is 4.99 Å². The van der Waals surface area contributed by atoms with Gasteiger partial charge in [0, 0.05) is 38.0 Å². The lowest BCUT2D eigenvalue weighted by atomic mass is 9.99. The Labute approximate surface area is 148 Å². The summed E-state index contributed by atoms with van der Waals surface area (Å²) >= 11 is 1.93. The van der Waals surface area contributed by atoms with Crippen molar-refractivity contribution >= 4 is 17.7 Å². The number of para-hydroxylation sites is 1. The Hall–Kier alpha value is -1.40. The monoisotopic (exact) mass is 349 g/mol. The van der Waals surface area contributed by atoms with Crippen LogP contribution in [0.3, 0.4) is 0 Å². The number of nitrogens with zero attached hydrogens (tertiary/aromatic N) is 1. The first kappa shape index (κ1) is 17.4. The smallest absolute Gasteiger partial charge is 0.191 e. The highest BCUT2D eigenvalue weighted by atomic mass is 32.2. The van der Waals surface area contributed by atoms with Gasteiger partial charge in [-0.25, -0.2) is 0 Å². The quantitative estimate of drug-likeness (QED) is 0.630. The van der Waals surface area contributed by atoms with Crippen molar-refractivity contribution in [3.63, 3.8) is 0 Å². The van der Waals surface area contributed by atoms with Gasteiger partial charge in [-0.05, 0) is 30.7 Å². The molecule has 2 heterocycles. The molecule has 2 N–H and O–H groups in total. The van der Waals surface area contributed by atoms with E-state index in [1.165, 1.54) is 5.56 Å². The molecule has 3 rings (SSSR count). The van der Waals surface area contributed by atoms with E-state index >= 15 is 0 Å².